The summed E-state index contributed by atoms with van der Waals surface area (Å²) in [6.45, 7) is 7.04. The van der Waals surface area contributed by atoms with Gasteiger partial charge < -0.3 is 14.7 Å². The van der Waals surface area contributed by atoms with E-state index >= 15 is 0 Å². The summed E-state index contributed by atoms with van der Waals surface area (Å²) in [6, 6.07) is 18.9. The Bertz CT molecular complexity index is 1090. The van der Waals surface area contributed by atoms with Crippen molar-refractivity contribution >= 4 is 11.8 Å². The third kappa shape index (κ3) is 4.74. The maximum atomic E-state index is 12.4. The standard InChI is InChI=1S/C26H31N5O/c1-19-9-8-12-22(17-19)24-27-20(2)23(18-21-10-6-5-7-11-21)25(28-24)30-13-15-31(16-14-30)26(32)29(3)4/h5-12,17H,13-16,18H2,1-4H3. The van der Waals surface area contributed by atoms with Gasteiger partial charge in [0.25, 0.3) is 0 Å². The van der Waals surface area contributed by atoms with Crippen molar-refractivity contribution < 1.29 is 4.79 Å². The van der Waals surface area contributed by atoms with E-state index in [1.54, 1.807) is 19.0 Å². The number of hydrogen-bond donors (Lipinski definition) is 0. The second-order valence-corrected chi connectivity index (χ2v) is 8.62. The van der Waals surface area contributed by atoms with Crippen LogP contribution in [0.4, 0.5) is 10.6 Å². The van der Waals surface area contributed by atoms with Crippen molar-refractivity contribution in [1.82, 2.24) is 19.8 Å². The number of anilines is 1. The molecule has 1 aliphatic rings. The normalized spacial score (nSPS) is 13.9. The molecule has 0 bridgehead atoms. The van der Waals surface area contributed by atoms with Crippen molar-refractivity contribution in [3.63, 3.8) is 0 Å². The summed E-state index contributed by atoms with van der Waals surface area (Å²) in [4.78, 5) is 28.2. The fourth-order valence-electron chi connectivity index (χ4n) is 4.16. The molecule has 0 spiro atoms. The Morgan fingerprint density at radius 2 is 1.66 bits per heavy atom. The lowest BCUT2D eigenvalue weighted by molar-refractivity contribution is 0.168. The molecule has 4 rings (SSSR count). The third-order valence-corrected chi connectivity index (χ3v) is 5.92. The third-order valence-electron chi connectivity index (χ3n) is 5.92. The van der Waals surface area contributed by atoms with Gasteiger partial charge in [0.15, 0.2) is 5.82 Å². The van der Waals surface area contributed by atoms with Gasteiger partial charge in [-0.3, -0.25) is 0 Å². The summed E-state index contributed by atoms with van der Waals surface area (Å²) in [5.41, 5.74) is 5.61. The number of benzene rings is 2. The molecular weight excluding hydrogens is 398 g/mol. The number of urea groups is 1. The van der Waals surface area contributed by atoms with E-state index in [1.807, 2.05) is 17.0 Å². The van der Waals surface area contributed by atoms with Gasteiger partial charge in [0.2, 0.25) is 0 Å². The molecule has 1 aliphatic heterocycles. The van der Waals surface area contributed by atoms with Crippen molar-refractivity contribution in [2.45, 2.75) is 20.3 Å². The molecule has 0 radical (unpaired) electrons. The van der Waals surface area contributed by atoms with Gasteiger partial charge in [0, 0.05) is 63.5 Å². The van der Waals surface area contributed by atoms with Crippen LogP contribution in [0.5, 0.6) is 0 Å². The monoisotopic (exact) mass is 429 g/mol. The zero-order valence-electron chi connectivity index (χ0n) is 19.4. The van der Waals surface area contributed by atoms with Gasteiger partial charge in [-0.1, -0.05) is 54.1 Å². The summed E-state index contributed by atoms with van der Waals surface area (Å²) in [6.07, 6.45) is 0.785. The number of rotatable bonds is 4. The summed E-state index contributed by atoms with van der Waals surface area (Å²) >= 11 is 0. The van der Waals surface area contributed by atoms with Crippen molar-refractivity contribution in [3.8, 4) is 11.4 Å². The number of aryl methyl sites for hydroxylation is 2. The molecule has 2 heterocycles. The van der Waals surface area contributed by atoms with Crippen LogP contribution in [0.3, 0.4) is 0 Å². The Morgan fingerprint density at radius 3 is 2.31 bits per heavy atom. The Morgan fingerprint density at radius 1 is 0.938 bits per heavy atom. The molecule has 1 fully saturated rings. The first-order chi connectivity index (χ1) is 15.4. The van der Waals surface area contributed by atoms with Crippen LogP contribution in [-0.2, 0) is 6.42 Å². The molecule has 0 aliphatic carbocycles. The number of carbonyl (C=O) groups is 1. The summed E-state index contributed by atoms with van der Waals surface area (Å²) in [5, 5.41) is 0. The molecule has 0 unspecified atom stereocenters. The molecule has 6 nitrogen and oxygen atoms in total. The molecule has 1 aromatic heterocycles. The maximum absolute atomic E-state index is 12.4. The molecule has 3 aromatic rings. The Hall–Kier alpha value is -3.41. The number of hydrogen-bond acceptors (Lipinski definition) is 4. The van der Waals surface area contributed by atoms with Crippen molar-refractivity contribution in [3.05, 3.63) is 77.0 Å². The molecular formula is C26H31N5O. The minimum absolute atomic E-state index is 0.0634. The van der Waals surface area contributed by atoms with E-state index in [0.717, 1.165) is 48.0 Å². The summed E-state index contributed by atoms with van der Waals surface area (Å²) in [5.74, 6) is 1.74. The quantitative estimate of drug-likeness (QED) is 0.625. The lowest BCUT2D eigenvalue weighted by atomic mass is 10.0. The largest absolute Gasteiger partial charge is 0.353 e. The second kappa shape index (κ2) is 9.39. The number of nitrogens with zero attached hydrogens (tertiary/aromatic N) is 5. The molecule has 32 heavy (non-hydrogen) atoms. The van der Waals surface area contributed by atoms with Gasteiger partial charge in [-0.25, -0.2) is 14.8 Å². The zero-order valence-corrected chi connectivity index (χ0v) is 19.4. The van der Waals surface area contributed by atoms with Crippen LogP contribution < -0.4 is 4.90 Å². The van der Waals surface area contributed by atoms with Crippen LogP contribution in [0, 0.1) is 13.8 Å². The molecule has 1 saturated heterocycles. The van der Waals surface area contributed by atoms with Crippen LogP contribution >= 0.6 is 0 Å². The first kappa shape index (κ1) is 21.8. The fourth-order valence-corrected chi connectivity index (χ4v) is 4.16. The van der Waals surface area contributed by atoms with Gasteiger partial charge in [-0.05, 0) is 25.5 Å². The highest BCUT2D eigenvalue weighted by Crippen LogP contribution is 2.28. The van der Waals surface area contributed by atoms with Gasteiger partial charge in [-0.2, -0.15) is 0 Å². The second-order valence-electron chi connectivity index (χ2n) is 8.62. The van der Waals surface area contributed by atoms with Gasteiger partial charge in [0.05, 0.1) is 0 Å². The van der Waals surface area contributed by atoms with Crippen LogP contribution in [0.1, 0.15) is 22.4 Å². The van der Waals surface area contributed by atoms with Crippen molar-refractivity contribution in [2.75, 3.05) is 45.2 Å². The van der Waals surface area contributed by atoms with Gasteiger partial charge in [-0.15, -0.1) is 0 Å². The number of aromatic nitrogens is 2. The Labute approximate surface area is 190 Å². The highest BCUT2D eigenvalue weighted by Gasteiger charge is 2.26. The predicted molar refractivity (Wildman–Crippen MR) is 129 cm³/mol. The lowest BCUT2D eigenvalue weighted by Gasteiger charge is -2.37. The molecule has 0 saturated carbocycles. The SMILES string of the molecule is Cc1cccc(-c2nc(C)c(Cc3ccccc3)c(N3CCN(C(=O)N(C)C)CC3)n2)c1. The first-order valence-corrected chi connectivity index (χ1v) is 11.1. The van der Waals surface area contributed by atoms with Crippen molar-refractivity contribution in [1.29, 1.82) is 0 Å². The number of carbonyl (C=O) groups excluding carboxylic acids is 1. The van der Waals surface area contributed by atoms with Crippen LogP contribution in [0.25, 0.3) is 11.4 Å². The minimum Gasteiger partial charge on any atom is -0.353 e. The summed E-state index contributed by atoms with van der Waals surface area (Å²) in [7, 11) is 3.60. The molecule has 2 amide bonds. The highest BCUT2D eigenvalue weighted by molar-refractivity contribution is 5.74. The van der Waals surface area contributed by atoms with E-state index in [4.69, 9.17) is 9.97 Å². The number of piperazine rings is 1. The zero-order chi connectivity index (χ0) is 22.7. The van der Waals surface area contributed by atoms with E-state index < -0.39 is 0 Å². The van der Waals surface area contributed by atoms with Gasteiger partial charge in [0.1, 0.15) is 5.82 Å². The molecule has 6 heteroatoms. The smallest absolute Gasteiger partial charge is 0.319 e. The minimum atomic E-state index is 0.0634. The topological polar surface area (TPSA) is 52.6 Å². The average molecular weight is 430 g/mol. The molecule has 0 atom stereocenters. The van der Waals surface area contributed by atoms with Gasteiger partial charge >= 0.3 is 6.03 Å². The Balaban J connectivity index is 1.70. The Kier molecular flexibility index (Phi) is 6.40. The fraction of sp³-hybridized carbons (Fsp3) is 0.346. The number of amides is 2. The van der Waals surface area contributed by atoms with Crippen LogP contribution in [-0.4, -0.2) is 66.1 Å². The predicted octanol–water partition coefficient (Wildman–Crippen LogP) is 4.15. The summed E-state index contributed by atoms with van der Waals surface area (Å²) < 4.78 is 0. The van der Waals surface area contributed by atoms with E-state index in [1.165, 1.54) is 11.1 Å². The van der Waals surface area contributed by atoms with Crippen molar-refractivity contribution in [2.24, 2.45) is 0 Å². The van der Waals surface area contributed by atoms with E-state index in [2.05, 4.69) is 61.2 Å². The molecule has 2 aromatic carbocycles. The highest BCUT2D eigenvalue weighted by atomic mass is 16.2. The molecule has 0 N–H and O–H groups in total. The lowest BCUT2D eigenvalue weighted by Crippen LogP contribution is -2.52. The van der Waals surface area contributed by atoms with E-state index in [-0.39, 0.29) is 6.03 Å². The first-order valence-electron chi connectivity index (χ1n) is 11.1. The average Bonchev–Trinajstić information content (AvgIpc) is 2.80. The van der Waals surface area contributed by atoms with Crippen LogP contribution in [0.2, 0.25) is 0 Å². The van der Waals surface area contributed by atoms with E-state index in [0.29, 0.717) is 13.1 Å². The van der Waals surface area contributed by atoms with E-state index in [9.17, 15) is 4.79 Å². The maximum Gasteiger partial charge on any atom is 0.319 e. The molecule has 166 valence electrons. The van der Waals surface area contributed by atoms with Crippen LogP contribution in [0.15, 0.2) is 54.6 Å².